The Kier molecular flexibility index (Phi) is 7.72. The van der Waals surface area contributed by atoms with Crippen LogP contribution in [0.25, 0.3) is 0 Å². The summed E-state index contributed by atoms with van der Waals surface area (Å²) in [6.07, 6.45) is 0.742. The molecule has 4 heteroatoms. The Hall–Kier alpha value is -1.10. The number of rotatable bonds is 10. The normalized spacial score (nSPS) is 14.2. The monoisotopic (exact) mass is 294 g/mol. The molecule has 21 heavy (non-hydrogen) atoms. The van der Waals surface area contributed by atoms with E-state index < -0.39 is 0 Å². The maximum absolute atomic E-state index is 9.77. The van der Waals surface area contributed by atoms with Crippen molar-refractivity contribution in [1.29, 1.82) is 0 Å². The van der Waals surface area contributed by atoms with E-state index in [9.17, 15) is 5.11 Å². The minimum Gasteiger partial charge on any atom is -0.496 e. The van der Waals surface area contributed by atoms with Gasteiger partial charge in [-0.2, -0.15) is 0 Å². The molecule has 0 saturated heterocycles. The third-order valence-electron chi connectivity index (χ3n) is 4.00. The van der Waals surface area contributed by atoms with E-state index in [-0.39, 0.29) is 12.1 Å². The fourth-order valence-electron chi connectivity index (χ4n) is 2.50. The highest BCUT2D eigenvalue weighted by molar-refractivity contribution is 5.34. The van der Waals surface area contributed by atoms with Crippen LogP contribution in [0.1, 0.15) is 26.3 Å². The number of ether oxygens (including phenoxy) is 1. The number of nitrogens with zero attached hydrogens (tertiary/aromatic N) is 1. The number of aliphatic hydroxyl groups is 1. The Morgan fingerprint density at radius 3 is 2.48 bits per heavy atom. The van der Waals surface area contributed by atoms with Crippen molar-refractivity contribution in [2.24, 2.45) is 0 Å². The summed E-state index contributed by atoms with van der Waals surface area (Å²) in [6, 6.07) is 7.99. The largest absolute Gasteiger partial charge is 0.496 e. The molecule has 0 aliphatic heterocycles. The lowest BCUT2D eigenvalue weighted by molar-refractivity contribution is 0.166. The SMILES string of the molecule is CCN(CC)CCNC(C)(CO)Cc1ccccc1OC. The molecule has 0 fully saturated rings. The van der Waals surface area contributed by atoms with Crippen LogP contribution in [0.3, 0.4) is 0 Å². The Morgan fingerprint density at radius 2 is 1.90 bits per heavy atom. The zero-order valence-electron chi connectivity index (χ0n) is 13.9. The lowest BCUT2D eigenvalue weighted by Crippen LogP contribution is -2.50. The van der Waals surface area contributed by atoms with Gasteiger partial charge in [-0.05, 0) is 38.1 Å². The van der Waals surface area contributed by atoms with Gasteiger partial charge in [0.15, 0.2) is 0 Å². The predicted octanol–water partition coefficient (Wildman–Crippen LogP) is 1.92. The first kappa shape index (κ1) is 18.0. The third-order valence-corrected chi connectivity index (χ3v) is 4.00. The number of para-hydroxylation sites is 1. The van der Waals surface area contributed by atoms with Gasteiger partial charge in [0.05, 0.1) is 13.7 Å². The van der Waals surface area contributed by atoms with Gasteiger partial charge in [-0.1, -0.05) is 32.0 Å². The molecular formula is C17H30N2O2. The van der Waals surface area contributed by atoms with Gasteiger partial charge in [-0.3, -0.25) is 0 Å². The molecule has 1 atom stereocenters. The second kappa shape index (κ2) is 9.03. The van der Waals surface area contributed by atoms with Crippen molar-refractivity contribution in [2.75, 3.05) is 39.9 Å². The number of hydrogen-bond acceptors (Lipinski definition) is 4. The molecular weight excluding hydrogens is 264 g/mol. The molecule has 0 aliphatic rings. The van der Waals surface area contributed by atoms with E-state index in [4.69, 9.17) is 4.74 Å². The van der Waals surface area contributed by atoms with Gasteiger partial charge < -0.3 is 20.1 Å². The van der Waals surface area contributed by atoms with Crippen LogP contribution in [-0.4, -0.2) is 55.4 Å². The summed E-state index contributed by atoms with van der Waals surface area (Å²) in [5.41, 5.74) is 0.786. The average Bonchev–Trinajstić information content (AvgIpc) is 2.52. The molecule has 2 N–H and O–H groups in total. The second-order valence-electron chi connectivity index (χ2n) is 5.66. The van der Waals surface area contributed by atoms with Crippen LogP contribution in [-0.2, 0) is 6.42 Å². The number of benzene rings is 1. The highest BCUT2D eigenvalue weighted by atomic mass is 16.5. The molecule has 0 bridgehead atoms. The summed E-state index contributed by atoms with van der Waals surface area (Å²) in [5, 5.41) is 13.3. The highest BCUT2D eigenvalue weighted by Crippen LogP contribution is 2.22. The predicted molar refractivity (Wildman–Crippen MR) is 88.0 cm³/mol. The minimum absolute atomic E-state index is 0.100. The quantitative estimate of drug-likeness (QED) is 0.692. The number of nitrogens with one attached hydrogen (secondary N) is 1. The number of methoxy groups -OCH3 is 1. The Balaban J connectivity index is 2.63. The van der Waals surface area contributed by atoms with E-state index in [2.05, 4.69) is 37.1 Å². The summed E-state index contributed by atoms with van der Waals surface area (Å²) in [5.74, 6) is 0.878. The zero-order chi connectivity index (χ0) is 15.7. The minimum atomic E-state index is -0.332. The lowest BCUT2D eigenvalue weighted by atomic mass is 9.93. The maximum atomic E-state index is 9.77. The van der Waals surface area contributed by atoms with Crippen LogP contribution < -0.4 is 10.1 Å². The van der Waals surface area contributed by atoms with Crippen LogP contribution in [0.5, 0.6) is 5.75 Å². The number of hydrogen-bond donors (Lipinski definition) is 2. The van der Waals surface area contributed by atoms with Gasteiger partial charge in [0.2, 0.25) is 0 Å². The lowest BCUT2D eigenvalue weighted by Gasteiger charge is -2.31. The van der Waals surface area contributed by atoms with Gasteiger partial charge in [0.25, 0.3) is 0 Å². The Bertz CT molecular complexity index is 408. The zero-order valence-corrected chi connectivity index (χ0v) is 13.9. The van der Waals surface area contributed by atoms with Crippen molar-refractivity contribution in [3.63, 3.8) is 0 Å². The molecule has 1 aromatic carbocycles. The van der Waals surface area contributed by atoms with Crippen LogP contribution in [0.2, 0.25) is 0 Å². The van der Waals surface area contributed by atoms with Crippen molar-refractivity contribution in [3.8, 4) is 5.75 Å². The van der Waals surface area contributed by atoms with Crippen LogP contribution in [0.15, 0.2) is 24.3 Å². The number of likely N-dealkylation sites (N-methyl/N-ethyl adjacent to an activating group) is 1. The van der Waals surface area contributed by atoms with Crippen molar-refractivity contribution >= 4 is 0 Å². The fourth-order valence-corrected chi connectivity index (χ4v) is 2.50. The molecule has 0 aliphatic carbocycles. The smallest absolute Gasteiger partial charge is 0.122 e. The molecule has 120 valence electrons. The molecule has 4 nitrogen and oxygen atoms in total. The van der Waals surface area contributed by atoms with E-state index >= 15 is 0 Å². The topological polar surface area (TPSA) is 44.7 Å². The standard InChI is InChI=1S/C17H30N2O2/c1-5-19(6-2)12-11-18-17(3,14-20)13-15-9-7-8-10-16(15)21-4/h7-10,18,20H,5-6,11-14H2,1-4H3. The molecule has 0 saturated carbocycles. The van der Waals surface area contributed by atoms with Crippen molar-refractivity contribution < 1.29 is 9.84 Å². The molecule has 0 heterocycles. The molecule has 1 aromatic rings. The van der Waals surface area contributed by atoms with Crippen LogP contribution >= 0.6 is 0 Å². The van der Waals surface area contributed by atoms with Gasteiger partial charge in [-0.25, -0.2) is 0 Å². The number of aliphatic hydroxyl groups excluding tert-OH is 1. The first-order chi connectivity index (χ1) is 10.1. The van der Waals surface area contributed by atoms with Gasteiger partial charge in [-0.15, -0.1) is 0 Å². The first-order valence-corrected chi connectivity index (χ1v) is 7.78. The summed E-state index contributed by atoms with van der Waals surface area (Å²) in [7, 11) is 1.68. The Morgan fingerprint density at radius 1 is 1.24 bits per heavy atom. The maximum Gasteiger partial charge on any atom is 0.122 e. The van der Waals surface area contributed by atoms with Gasteiger partial charge >= 0.3 is 0 Å². The molecule has 0 radical (unpaired) electrons. The fraction of sp³-hybridized carbons (Fsp3) is 0.647. The summed E-state index contributed by atoms with van der Waals surface area (Å²) in [4.78, 5) is 2.37. The molecule has 1 rings (SSSR count). The molecule has 0 amide bonds. The van der Waals surface area contributed by atoms with Gasteiger partial charge in [0, 0.05) is 18.6 Å². The van der Waals surface area contributed by atoms with E-state index in [0.717, 1.165) is 43.9 Å². The second-order valence-corrected chi connectivity index (χ2v) is 5.66. The van der Waals surface area contributed by atoms with Crippen LogP contribution in [0, 0.1) is 0 Å². The molecule has 1 unspecified atom stereocenters. The van der Waals surface area contributed by atoms with Crippen molar-refractivity contribution in [1.82, 2.24) is 10.2 Å². The van der Waals surface area contributed by atoms with Crippen LogP contribution in [0.4, 0.5) is 0 Å². The van der Waals surface area contributed by atoms with E-state index in [0.29, 0.717) is 0 Å². The highest BCUT2D eigenvalue weighted by Gasteiger charge is 2.24. The first-order valence-electron chi connectivity index (χ1n) is 7.78. The summed E-state index contributed by atoms with van der Waals surface area (Å²) >= 11 is 0. The average molecular weight is 294 g/mol. The summed E-state index contributed by atoms with van der Waals surface area (Å²) < 4.78 is 5.40. The van der Waals surface area contributed by atoms with Crippen molar-refractivity contribution in [3.05, 3.63) is 29.8 Å². The van der Waals surface area contributed by atoms with E-state index in [1.54, 1.807) is 7.11 Å². The Labute approximate surface area is 129 Å². The van der Waals surface area contributed by atoms with Crippen molar-refractivity contribution in [2.45, 2.75) is 32.7 Å². The van der Waals surface area contributed by atoms with E-state index in [1.807, 2.05) is 18.2 Å². The third kappa shape index (κ3) is 5.65. The molecule has 0 aromatic heterocycles. The van der Waals surface area contributed by atoms with E-state index in [1.165, 1.54) is 0 Å². The summed E-state index contributed by atoms with van der Waals surface area (Å²) in [6.45, 7) is 10.5. The van der Waals surface area contributed by atoms with Gasteiger partial charge in [0.1, 0.15) is 5.75 Å². The molecule has 0 spiro atoms.